The van der Waals surface area contributed by atoms with Gasteiger partial charge in [-0.1, -0.05) is 23.4 Å². The zero-order chi connectivity index (χ0) is 17.4. The summed E-state index contributed by atoms with van der Waals surface area (Å²) in [5.74, 6) is -0.478. The number of fused-ring (bicyclic) bond motifs is 1. The van der Waals surface area contributed by atoms with Crippen molar-refractivity contribution in [2.24, 2.45) is 0 Å². The van der Waals surface area contributed by atoms with Crippen LogP contribution in [0.3, 0.4) is 0 Å². The van der Waals surface area contributed by atoms with Gasteiger partial charge >= 0.3 is 6.03 Å². The molecule has 0 saturated carbocycles. The van der Waals surface area contributed by atoms with Crippen molar-refractivity contribution in [3.8, 4) is 5.69 Å². The molecule has 10 heteroatoms. The van der Waals surface area contributed by atoms with E-state index in [4.69, 9.17) is 0 Å². The van der Waals surface area contributed by atoms with E-state index in [-0.39, 0.29) is 18.6 Å². The molecule has 0 aliphatic carbocycles. The molecule has 25 heavy (non-hydrogen) atoms. The van der Waals surface area contributed by atoms with Gasteiger partial charge in [-0.05, 0) is 12.1 Å². The highest BCUT2D eigenvalue weighted by Crippen LogP contribution is 2.11. The summed E-state index contributed by atoms with van der Waals surface area (Å²) in [5.41, 5.74) is 0.600. The average Bonchev–Trinajstić information content (AvgIpc) is 3.24. The van der Waals surface area contributed by atoms with E-state index in [2.05, 4.69) is 20.6 Å². The molecule has 0 spiro atoms. The predicted molar refractivity (Wildman–Crippen MR) is 86.0 cm³/mol. The Labute approximate surface area is 140 Å². The van der Waals surface area contributed by atoms with Crippen molar-refractivity contribution >= 4 is 23.1 Å². The Balaban J connectivity index is 1.69. The number of nitrogens with one attached hydrogen (secondary N) is 1. The van der Waals surface area contributed by atoms with Crippen LogP contribution in [0, 0.1) is 0 Å². The third kappa shape index (κ3) is 2.53. The average molecular weight is 339 g/mol. The SMILES string of the molecule is O=C(Cn1cnc2c(nnn2-c2ccccc2)c1=O)N1CCNC1=O. The lowest BCUT2D eigenvalue weighted by molar-refractivity contribution is -0.128. The summed E-state index contributed by atoms with van der Waals surface area (Å²) in [5, 5.41) is 10.4. The van der Waals surface area contributed by atoms with Crippen molar-refractivity contribution in [2.75, 3.05) is 13.1 Å². The lowest BCUT2D eigenvalue weighted by Crippen LogP contribution is -2.38. The molecule has 1 aliphatic rings. The van der Waals surface area contributed by atoms with E-state index in [0.717, 1.165) is 15.2 Å². The Hall–Kier alpha value is -3.56. The molecule has 0 atom stereocenters. The Morgan fingerprint density at radius 1 is 1.20 bits per heavy atom. The third-order valence-corrected chi connectivity index (χ3v) is 3.89. The van der Waals surface area contributed by atoms with Crippen LogP contribution in [0.4, 0.5) is 4.79 Å². The fraction of sp³-hybridized carbons (Fsp3) is 0.200. The molecule has 1 aliphatic heterocycles. The molecule has 0 radical (unpaired) electrons. The fourth-order valence-corrected chi connectivity index (χ4v) is 2.64. The first-order chi connectivity index (χ1) is 12.1. The van der Waals surface area contributed by atoms with Gasteiger partial charge < -0.3 is 5.32 Å². The van der Waals surface area contributed by atoms with E-state index in [0.29, 0.717) is 12.2 Å². The van der Waals surface area contributed by atoms with E-state index < -0.39 is 17.5 Å². The molecule has 3 heterocycles. The number of imide groups is 1. The summed E-state index contributed by atoms with van der Waals surface area (Å²) >= 11 is 0. The van der Waals surface area contributed by atoms with Crippen LogP contribution in [-0.2, 0) is 11.3 Å². The number of carbonyl (C=O) groups is 2. The summed E-state index contributed by atoms with van der Waals surface area (Å²) in [4.78, 5) is 41.5. The molecule has 3 amide bonds. The Kier molecular flexibility index (Phi) is 3.49. The van der Waals surface area contributed by atoms with Crippen LogP contribution in [-0.4, -0.2) is 54.5 Å². The van der Waals surface area contributed by atoms with Crippen LogP contribution in [0.1, 0.15) is 0 Å². The van der Waals surface area contributed by atoms with Crippen molar-refractivity contribution in [3.63, 3.8) is 0 Å². The number of benzene rings is 1. The van der Waals surface area contributed by atoms with E-state index in [9.17, 15) is 14.4 Å². The number of rotatable bonds is 3. The molecule has 126 valence electrons. The largest absolute Gasteiger partial charge is 0.336 e. The molecule has 3 aromatic rings. The number of urea groups is 1. The highest BCUT2D eigenvalue weighted by molar-refractivity contribution is 5.95. The molecule has 1 N–H and O–H groups in total. The molecule has 4 rings (SSSR count). The van der Waals surface area contributed by atoms with Gasteiger partial charge in [0.25, 0.3) is 11.5 Å². The number of carbonyl (C=O) groups excluding carboxylic acids is 2. The first kappa shape index (κ1) is 15.0. The van der Waals surface area contributed by atoms with Gasteiger partial charge in [0.15, 0.2) is 11.2 Å². The summed E-state index contributed by atoms with van der Waals surface area (Å²) in [6, 6.07) is 8.71. The minimum Gasteiger partial charge on any atom is -0.336 e. The Morgan fingerprint density at radius 3 is 2.72 bits per heavy atom. The van der Waals surface area contributed by atoms with E-state index in [1.807, 2.05) is 30.3 Å². The third-order valence-electron chi connectivity index (χ3n) is 3.89. The van der Waals surface area contributed by atoms with E-state index >= 15 is 0 Å². The van der Waals surface area contributed by atoms with Crippen LogP contribution >= 0.6 is 0 Å². The molecular weight excluding hydrogens is 326 g/mol. The molecule has 0 unspecified atom stereocenters. The van der Waals surface area contributed by atoms with Gasteiger partial charge in [-0.25, -0.2) is 9.78 Å². The summed E-state index contributed by atoms with van der Waals surface area (Å²) in [7, 11) is 0. The number of hydrogen-bond donors (Lipinski definition) is 1. The summed E-state index contributed by atoms with van der Waals surface area (Å²) in [6.45, 7) is 0.405. The minimum absolute atomic E-state index is 0.0602. The van der Waals surface area contributed by atoms with Crippen LogP contribution in [0.25, 0.3) is 16.9 Å². The molecule has 2 aromatic heterocycles. The second-order valence-electron chi connectivity index (χ2n) is 5.46. The van der Waals surface area contributed by atoms with Gasteiger partial charge in [0.05, 0.1) is 5.69 Å². The molecule has 1 fully saturated rings. The molecule has 10 nitrogen and oxygen atoms in total. The maximum Gasteiger partial charge on any atom is 0.324 e. The van der Waals surface area contributed by atoms with Crippen molar-refractivity contribution in [1.82, 2.24) is 34.8 Å². The highest BCUT2D eigenvalue weighted by Gasteiger charge is 2.26. The topological polar surface area (TPSA) is 115 Å². The van der Waals surface area contributed by atoms with Crippen molar-refractivity contribution < 1.29 is 9.59 Å². The van der Waals surface area contributed by atoms with E-state index in [1.165, 1.54) is 11.0 Å². The number of amides is 3. The first-order valence-electron chi connectivity index (χ1n) is 7.59. The molecular formula is C15H13N7O3. The smallest absolute Gasteiger partial charge is 0.324 e. The maximum atomic E-state index is 12.5. The summed E-state index contributed by atoms with van der Waals surface area (Å²) in [6.07, 6.45) is 1.26. The van der Waals surface area contributed by atoms with Crippen molar-refractivity contribution in [1.29, 1.82) is 0 Å². The number of para-hydroxylation sites is 1. The van der Waals surface area contributed by atoms with Crippen LogP contribution in [0.5, 0.6) is 0 Å². The zero-order valence-corrected chi connectivity index (χ0v) is 13.0. The standard InChI is InChI=1S/C15H13N7O3/c23-11(21-7-6-16-15(21)25)8-20-9-17-13-12(14(20)24)18-19-22(13)10-4-2-1-3-5-10/h1-5,9H,6-8H2,(H,16,25). The Bertz CT molecular complexity index is 1020. The Morgan fingerprint density at radius 2 is 2.00 bits per heavy atom. The molecule has 1 saturated heterocycles. The second kappa shape index (κ2) is 5.82. The lowest BCUT2D eigenvalue weighted by Gasteiger charge is -2.12. The normalized spacial score (nSPS) is 14.1. The minimum atomic E-state index is -0.486. The van der Waals surface area contributed by atoms with Crippen LogP contribution < -0.4 is 10.9 Å². The van der Waals surface area contributed by atoms with Gasteiger partial charge in [-0.3, -0.25) is 19.1 Å². The van der Waals surface area contributed by atoms with Gasteiger partial charge in [0, 0.05) is 13.1 Å². The summed E-state index contributed by atoms with van der Waals surface area (Å²) < 4.78 is 2.58. The number of hydrogen-bond acceptors (Lipinski definition) is 6. The van der Waals surface area contributed by atoms with Gasteiger partial charge in [0.2, 0.25) is 0 Å². The van der Waals surface area contributed by atoms with Gasteiger partial charge in [0.1, 0.15) is 12.9 Å². The van der Waals surface area contributed by atoms with Crippen LogP contribution in [0.2, 0.25) is 0 Å². The van der Waals surface area contributed by atoms with Crippen molar-refractivity contribution in [3.05, 3.63) is 47.0 Å². The second-order valence-corrected chi connectivity index (χ2v) is 5.46. The van der Waals surface area contributed by atoms with Gasteiger partial charge in [-0.15, -0.1) is 5.10 Å². The maximum absolute atomic E-state index is 12.5. The quantitative estimate of drug-likeness (QED) is 0.690. The van der Waals surface area contributed by atoms with Crippen molar-refractivity contribution in [2.45, 2.75) is 6.54 Å². The molecule has 1 aromatic carbocycles. The highest BCUT2D eigenvalue weighted by atomic mass is 16.2. The molecule has 0 bridgehead atoms. The zero-order valence-electron chi connectivity index (χ0n) is 13.0. The number of aromatic nitrogens is 5. The monoisotopic (exact) mass is 339 g/mol. The van der Waals surface area contributed by atoms with Crippen LogP contribution in [0.15, 0.2) is 41.5 Å². The first-order valence-corrected chi connectivity index (χ1v) is 7.59. The number of nitrogens with zero attached hydrogens (tertiary/aromatic N) is 6. The fourth-order valence-electron chi connectivity index (χ4n) is 2.64. The van der Waals surface area contributed by atoms with E-state index in [1.54, 1.807) is 0 Å². The lowest BCUT2D eigenvalue weighted by atomic mass is 10.3. The van der Waals surface area contributed by atoms with Gasteiger partial charge in [-0.2, -0.15) is 4.68 Å². The predicted octanol–water partition coefficient (Wildman–Crippen LogP) is -0.471.